The number of aryl methyl sites for hydroxylation is 1. The van der Waals surface area contributed by atoms with E-state index < -0.39 is 0 Å². The van der Waals surface area contributed by atoms with Gasteiger partial charge in [-0.25, -0.2) is 4.39 Å². The molecule has 0 fully saturated rings. The second-order valence-corrected chi connectivity index (χ2v) is 5.43. The number of anilines is 1. The molecule has 2 aromatic rings. The molecule has 4 nitrogen and oxygen atoms in total. The molecule has 0 radical (unpaired) electrons. The van der Waals surface area contributed by atoms with Crippen LogP contribution in [0.25, 0.3) is 0 Å². The van der Waals surface area contributed by atoms with Gasteiger partial charge in [0.05, 0.1) is 22.9 Å². The van der Waals surface area contributed by atoms with Crippen LogP contribution in [0.1, 0.15) is 21.3 Å². The molecule has 19 heavy (non-hydrogen) atoms. The molecular weight excluding hydrogens is 265 g/mol. The highest BCUT2D eigenvalue weighted by Crippen LogP contribution is 2.35. The van der Waals surface area contributed by atoms with Crippen molar-refractivity contribution in [3.05, 3.63) is 47.4 Å². The fourth-order valence-electron chi connectivity index (χ4n) is 2.03. The lowest BCUT2D eigenvalue weighted by Crippen LogP contribution is -2.10. The van der Waals surface area contributed by atoms with Crippen molar-refractivity contribution in [2.45, 2.75) is 5.37 Å². The van der Waals surface area contributed by atoms with Crippen LogP contribution in [0.15, 0.2) is 30.5 Å². The number of rotatable bonds is 1. The minimum Gasteiger partial charge on any atom is -0.354 e. The van der Waals surface area contributed by atoms with Crippen LogP contribution in [0.5, 0.6) is 0 Å². The molecule has 1 aromatic carbocycles. The molecular formula is C13H12FN3OS. The van der Waals surface area contributed by atoms with E-state index in [0.29, 0.717) is 17.1 Å². The Kier molecular flexibility index (Phi) is 3.02. The Bertz CT molecular complexity index is 623. The maximum absolute atomic E-state index is 13.0. The molecule has 0 amide bonds. The maximum atomic E-state index is 13.0. The number of carbonyl (C=O) groups is 1. The molecule has 1 aromatic heterocycles. The van der Waals surface area contributed by atoms with E-state index in [1.807, 2.05) is 0 Å². The summed E-state index contributed by atoms with van der Waals surface area (Å²) in [6.45, 7) is 0. The number of hydrogen-bond donors (Lipinski definition) is 1. The van der Waals surface area contributed by atoms with Gasteiger partial charge in [0.25, 0.3) is 0 Å². The van der Waals surface area contributed by atoms with Gasteiger partial charge in [0, 0.05) is 7.05 Å². The maximum Gasteiger partial charge on any atom is 0.178 e. The third-order valence-corrected chi connectivity index (χ3v) is 4.21. The number of ketones is 1. The summed E-state index contributed by atoms with van der Waals surface area (Å²) < 4.78 is 14.6. The average molecular weight is 277 g/mol. The monoisotopic (exact) mass is 277 g/mol. The zero-order valence-electron chi connectivity index (χ0n) is 10.3. The van der Waals surface area contributed by atoms with Gasteiger partial charge in [-0.2, -0.15) is 5.10 Å². The zero-order chi connectivity index (χ0) is 13.4. The van der Waals surface area contributed by atoms with Crippen molar-refractivity contribution in [3.63, 3.8) is 0 Å². The predicted octanol–water partition coefficient (Wildman–Crippen LogP) is 2.60. The van der Waals surface area contributed by atoms with Crippen molar-refractivity contribution in [2.75, 3.05) is 11.1 Å². The van der Waals surface area contributed by atoms with Crippen LogP contribution in [0, 0.1) is 5.82 Å². The van der Waals surface area contributed by atoms with E-state index in [-0.39, 0.29) is 17.0 Å². The van der Waals surface area contributed by atoms with Crippen LogP contribution in [0.2, 0.25) is 0 Å². The van der Waals surface area contributed by atoms with Crippen LogP contribution in [0.3, 0.4) is 0 Å². The van der Waals surface area contributed by atoms with E-state index in [2.05, 4.69) is 10.4 Å². The molecule has 1 aliphatic heterocycles. The van der Waals surface area contributed by atoms with Crippen LogP contribution >= 0.6 is 11.8 Å². The lowest BCUT2D eigenvalue weighted by molar-refractivity contribution is 0.102. The molecule has 2 heterocycles. The topological polar surface area (TPSA) is 46.9 Å². The quantitative estimate of drug-likeness (QED) is 0.870. The summed E-state index contributed by atoms with van der Waals surface area (Å²) in [5.41, 5.74) is 1.55. The first kappa shape index (κ1) is 12.2. The molecule has 1 aliphatic rings. The summed E-state index contributed by atoms with van der Waals surface area (Å²) >= 11 is 1.50. The minimum atomic E-state index is -0.264. The summed E-state index contributed by atoms with van der Waals surface area (Å²) in [5.74, 6) is 0.891. The van der Waals surface area contributed by atoms with Crippen molar-refractivity contribution >= 4 is 23.4 Å². The molecule has 1 atom stereocenters. The van der Waals surface area contributed by atoms with E-state index in [4.69, 9.17) is 0 Å². The summed E-state index contributed by atoms with van der Waals surface area (Å²) in [7, 11) is 1.79. The number of hydrogen-bond acceptors (Lipinski definition) is 4. The standard InChI is InChI=1S/C13H12FN3OS/c1-17-12-10(6-15-17)11(18)7-19-13(16-12)8-2-4-9(14)5-3-8/h2-6,13,16H,7H2,1H3/t13-/m1/s1. The lowest BCUT2D eigenvalue weighted by Gasteiger charge is -2.17. The van der Waals surface area contributed by atoms with Crippen molar-refractivity contribution in [1.82, 2.24) is 9.78 Å². The first-order valence-electron chi connectivity index (χ1n) is 5.84. The molecule has 6 heteroatoms. The fraction of sp³-hybridized carbons (Fsp3) is 0.231. The van der Waals surface area contributed by atoms with Gasteiger partial charge in [0.15, 0.2) is 5.78 Å². The Balaban J connectivity index is 1.96. The minimum absolute atomic E-state index is 0.0604. The number of carbonyl (C=O) groups excluding carboxylic acids is 1. The number of nitrogens with one attached hydrogen (secondary N) is 1. The SMILES string of the molecule is Cn1ncc2c1N[C@@H](c1ccc(F)cc1)SCC2=O. The Morgan fingerprint density at radius 1 is 1.42 bits per heavy atom. The third-order valence-electron chi connectivity index (χ3n) is 3.06. The molecule has 98 valence electrons. The van der Waals surface area contributed by atoms with Gasteiger partial charge in [-0.05, 0) is 17.7 Å². The van der Waals surface area contributed by atoms with Crippen LogP contribution in [-0.2, 0) is 7.05 Å². The highest BCUT2D eigenvalue weighted by molar-refractivity contribution is 8.00. The molecule has 1 N–H and O–H groups in total. The van der Waals surface area contributed by atoms with E-state index in [1.54, 1.807) is 30.1 Å². The van der Waals surface area contributed by atoms with Gasteiger partial charge in [-0.1, -0.05) is 12.1 Å². The first-order chi connectivity index (χ1) is 9.15. The van der Waals surface area contributed by atoms with Gasteiger partial charge in [0.2, 0.25) is 0 Å². The first-order valence-corrected chi connectivity index (χ1v) is 6.89. The van der Waals surface area contributed by atoms with Gasteiger partial charge in [-0.3, -0.25) is 9.48 Å². The molecule has 0 saturated heterocycles. The highest BCUT2D eigenvalue weighted by Gasteiger charge is 2.25. The Morgan fingerprint density at radius 2 is 2.16 bits per heavy atom. The number of benzene rings is 1. The summed E-state index contributed by atoms with van der Waals surface area (Å²) in [4.78, 5) is 12.0. The highest BCUT2D eigenvalue weighted by atomic mass is 32.2. The molecule has 0 spiro atoms. The summed E-state index contributed by atoms with van der Waals surface area (Å²) in [6, 6.07) is 6.31. The number of nitrogens with zero attached hydrogens (tertiary/aromatic N) is 2. The average Bonchev–Trinajstić information content (AvgIpc) is 2.67. The molecule has 0 unspecified atom stereocenters. The summed E-state index contributed by atoms with van der Waals surface area (Å²) in [6.07, 6.45) is 1.58. The normalized spacial score (nSPS) is 18.6. The zero-order valence-corrected chi connectivity index (χ0v) is 11.1. The number of aromatic nitrogens is 2. The number of thioether (sulfide) groups is 1. The largest absolute Gasteiger partial charge is 0.354 e. The van der Waals surface area contributed by atoms with Crippen molar-refractivity contribution < 1.29 is 9.18 Å². The third kappa shape index (κ3) is 2.23. The molecule has 0 saturated carbocycles. The van der Waals surface area contributed by atoms with Gasteiger partial charge >= 0.3 is 0 Å². The van der Waals surface area contributed by atoms with E-state index >= 15 is 0 Å². The van der Waals surface area contributed by atoms with Crippen molar-refractivity contribution in [3.8, 4) is 0 Å². The molecule has 0 aliphatic carbocycles. The van der Waals surface area contributed by atoms with E-state index in [9.17, 15) is 9.18 Å². The second-order valence-electron chi connectivity index (χ2n) is 4.34. The van der Waals surface area contributed by atoms with Crippen LogP contribution in [0.4, 0.5) is 10.2 Å². The number of Topliss-reactive ketones (excluding diaryl/α,β-unsaturated/α-hetero) is 1. The lowest BCUT2D eigenvalue weighted by atomic mass is 10.2. The smallest absolute Gasteiger partial charge is 0.178 e. The van der Waals surface area contributed by atoms with Gasteiger partial charge < -0.3 is 5.32 Å². The second kappa shape index (κ2) is 4.70. The number of halogens is 1. The predicted molar refractivity (Wildman–Crippen MR) is 72.8 cm³/mol. The molecule has 3 rings (SSSR count). The van der Waals surface area contributed by atoms with Crippen molar-refractivity contribution in [1.29, 1.82) is 0 Å². The van der Waals surface area contributed by atoms with Gasteiger partial charge in [0.1, 0.15) is 11.6 Å². The summed E-state index contributed by atoms with van der Waals surface area (Å²) in [5, 5.41) is 7.31. The Labute approximate surface area is 114 Å². The Morgan fingerprint density at radius 3 is 2.89 bits per heavy atom. The fourth-order valence-corrected chi connectivity index (χ4v) is 3.05. The van der Waals surface area contributed by atoms with E-state index in [0.717, 1.165) is 5.56 Å². The Hall–Kier alpha value is -1.82. The van der Waals surface area contributed by atoms with E-state index in [1.165, 1.54) is 23.9 Å². The van der Waals surface area contributed by atoms with Crippen LogP contribution < -0.4 is 5.32 Å². The molecule has 0 bridgehead atoms. The van der Waals surface area contributed by atoms with Crippen LogP contribution in [-0.4, -0.2) is 21.3 Å². The number of fused-ring (bicyclic) bond motifs is 1. The van der Waals surface area contributed by atoms with Gasteiger partial charge in [-0.15, -0.1) is 11.8 Å². The van der Waals surface area contributed by atoms with Crippen molar-refractivity contribution in [2.24, 2.45) is 7.05 Å².